The van der Waals surface area contributed by atoms with Gasteiger partial charge >= 0.3 is 6.09 Å². The van der Waals surface area contributed by atoms with Crippen LogP contribution in [-0.2, 0) is 4.74 Å². The van der Waals surface area contributed by atoms with E-state index in [1.54, 1.807) is 0 Å². The lowest BCUT2D eigenvalue weighted by atomic mass is 9.75. The number of alkyl carbamates (subject to hydrolysis) is 1. The van der Waals surface area contributed by atoms with Crippen molar-refractivity contribution in [3.05, 3.63) is 71.8 Å². The SMILES string of the molecule is CC(C)C(CNC(=O)OC(C)(C)C)C(c1ccccc1)c1ccccc1. The second kappa shape index (κ2) is 8.88. The third kappa shape index (κ3) is 5.91. The van der Waals surface area contributed by atoms with Crippen molar-refractivity contribution < 1.29 is 9.53 Å². The average Bonchev–Trinajstić information content (AvgIpc) is 2.58. The molecule has 0 aliphatic rings. The molecule has 26 heavy (non-hydrogen) atoms. The van der Waals surface area contributed by atoms with E-state index in [9.17, 15) is 4.79 Å². The Bertz CT molecular complexity index is 635. The van der Waals surface area contributed by atoms with Crippen LogP contribution in [0, 0.1) is 11.8 Å². The zero-order chi connectivity index (χ0) is 19.2. The number of amides is 1. The van der Waals surface area contributed by atoms with Gasteiger partial charge in [0.25, 0.3) is 0 Å². The molecule has 0 aliphatic heterocycles. The summed E-state index contributed by atoms with van der Waals surface area (Å²) < 4.78 is 5.41. The van der Waals surface area contributed by atoms with Gasteiger partial charge in [0, 0.05) is 12.5 Å². The second-order valence-electron chi connectivity index (χ2n) is 8.09. The summed E-state index contributed by atoms with van der Waals surface area (Å²) in [5, 5.41) is 2.98. The maximum atomic E-state index is 12.1. The van der Waals surface area contributed by atoms with Crippen LogP contribution in [0.1, 0.15) is 51.7 Å². The van der Waals surface area contributed by atoms with E-state index in [1.807, 2.05) is 32.9 Å². The molecule has 1 N–H and O–H groups in total. The van der Waals surface area contributed by atoms with Crippen molar-refractivity contribution in [2.24, 2.45) is 11.8 Å². The fourth-order valence-electron chi connectivity index (χ4n) is 3.26. The van der Waals surface area contributed by atoms with Gasteiger partial charge in [0.05, 0.1) is 0 Å². The van der Waals surface area contributed by atoms with Crippen LogP contribution >= 0.6 is 0 Å². The number of carbonyl (C=O) groups excluding carboxylic acids is 1. The van der Waals surface area contributed by atoms with Crippen LogP contribution in [0.3, 0.4) is 0 Å². The highest BCUT2D eigenvalue weighted by Gasteiger charge is 2.28. The van der Waals surface area contributed by atoms with Gasteiger partial charge in [0.1, 0.15) is 5.60 Å². The van der Waals surface area contributed by atoms with Crippen molar-refractivity contribution in [1.82, 2.24) is 5.32 Å². The zero-order valence-corrected chi connectivity index (χ0v) is 16.5. The molecule has 2 aromatic rings. The normalized spacial score (nSPS) is 12.9. The van der Waals surface area contributed by atoms with Gasteiger partial charge in [-0.15, -0.1) is 0 Å². The molecule has 1 unspecified atom stereocenters. The van der Waals surface area contributed by atoms with E-state index < -0.39 is 5.60 Å². The largest absolute Gasteiger partial charge is 0.444 e. The van der Waals surface area contributed by atoms with Crippen LogP contribution in [0.2, 0.25) is 0 Å². The third-order valence-corrected chi connectivity index (χ3v) is 4.48. The number of hydrogen-bond donors (Lipinski definition) is 1. The molecule has 1 amide bonds. The highest BCUT2D eigenvalue weighted by molar-refractivity contribution is 5.67. The molecule has 2 aromatic carbocycles. The van der Waals surface area contributed by atoms with E-state index in [2.05, 4.69) is 67.7 Å². The lowest BCUT2D eigenvalue weighted by Crippen LogP contribution is -2.38. The Morgan fingerprint density at radius 2 is 1.38 bits per heavy atom. The zero-order valence-electron chi connectivity index (χ0n) is 16.5. The molecule has 0 aliphatic carbocycles. The monoisotopic (exact) mass is 353 g/mol. The van der Waals surface area contributed by atoms with Gasteiger partial charge in [-0.2, -0.15) is 0 Å². The summed E-state index contributed by atoms with van der Waals surface area (Å²) in [5.74, 6) is 0.870. The maximum absolute atomic E-state index is 12.1. The predicted octanol–water partition coefficient (Wildman–Crippen LogP) is 5.62. The van der Waals surface area contributed by atoms with Gasteiger partial charge in [-0.1, -0.05) is 74.5 Å². The summed E-state index contributed by atoms with van der Waals surface area (Å²) in [4.78, 5) is 12.1. The number of ether oxygens (including phenoxy) is 1. The molecular formula is C23H31NO2. The van der Waals surface area contributed by atoms with Crippen LogP contribution in [0.4, 0.5) is 4.79 Å². The van der Waals surface area contributed by atoms with Crippen LogP contribution in [0.5, 0.6) is 0 Å². The lowest BCUT2D eigenvalue weighted by Gasteiger charge is -2.32. The molecule has 0 fully saturated rings. The summed E-state index contributed by atoms with van der Waals surface area (Å²) in [5.41, 5.74) is 2.04. The Balaban J connectivity index is 2.26. The third-order valence-electron chi connectivity index (χ3n) is 4.48. The first-order chi connectivity index (χ1) is 12.3. The van der Waals surface area contributed by atoms with Gasteiger partial charge in [-0.05, 0) is 43.7 Å². The molecular weight excluding hydrogens is 322 g/mol. The Morgan fingerprint density at radius 1 is 0.923 bits per heavy atom. The van der Waals surface area contributed by atoms with E-state index in [-0.39, 0.29) is 17.9 Å². The van der Waals surface area contributed by atoms with E-state index >= 15 is 0 Å². The summed E-state index contributed by atoms with van der Waals surface area (Å²) in [6, 6.07) is 21.0. The Kier molecular flexibility index (Phi) is 6.84. The molecule has 3 nitrogen and oxygen atoms in total. The average molecular weight is 354 g/mol. The molecule has 0 saturated heterocycles. The number of nitrogens with one attached hydrogen (secondary N) is 1. The summed E-state index contributed by atoms with van der Waals surface area (Å²) >= 11 is 0. The summed E-state index contributed by atoms with van der Waals surface area (Å²) in [7, 11) is 0. The Hall–Kier alpha value is -2.29. The summed E-state index contributed by atoms with van der Waals surface area (Å²) in [6.45, 7) is 10.6. The molecule has 0 radical (unpaired) electrons. The molecule has 0 heterocycles. The standard InChI is InChI=1S/C23H31NO2/c1-17(2)20(16-24-22(25)26-23(3,4)5)21(18-12-8-6-9-13-18)19-14-10-7-11-15-19/h6-15,17,20-21H,16H2,1-5H3,(H,24,25). The molecule has 0 saturated carbocycles. The molecule has 2 rings (SSSR count). The minimum Gasteiger partial charge on any atom is -0.444 e. The first-order valence-electron chi connectivity index (χ1n) is 9.34. The second-order valence-corrected chi connectivity index (χ2v) is 8.09. The number of rotatable bonds is 6. The highest BCUT2D eigenvalue weighted by Crippen LogP contribution is 2.36. The van der Waals surface area contributed by atoms with Crippen molar-refractivity contribution in [2.45, 2.75) is 46.1 Å². The van der Waals surface area contributed by atoms with Crippen molar-refractivity contribution in [3.63, 3.8) is 0 Å². The van der Waals surface area contributed by atoms with Crippen molar-refractivity contribution in [3.8, 4) is 0 Å². The van der Waals surface area contributed by atoms with Crippen molar-refractivity contribution >= 4 is 6.09 Å². The molecule has 0 aromatic heterocycles. The fraction of sp³-hybridized carbons (Fsp3) is 0.435. The Morgan fingerprint density at radius 3 is 1.77 bits per heavy atom. The van der Waals surface area contributed by atoms with Crippen molar-refractivity contribution in [1.29, 1.82) is 0 Å². The van der Waals surface area contributed by atoms with Crippen LogP contribution in [0.25, 0.3) is 0 Å². The minimum absolute atomic E-state index is 0.215. The maximum Gasteiger partial charge on any atom is 0.407 e. The first-order valence-corrected chi connectivity index (χ1v) is 9.34. The topological polar surface area (TPSA) is 38.3 Å². The quantitative estimate of drug-likeness (QED) is 0.732. The molecule has 140 valence electrons. The molecule has 3 heteroatoms. The van der Waals surface area contributed by atoms with Crippen molar-refractivity contribution in [2.75, 3.05) is 6.54 Å². The van der Waals surface area contributed by atoms with E-state index in [1.165, 1.54) is 11.1 Å². The van der Waals surface area contributed by atoms with Gasteiger partial charge in [-0.3, -0.25) is 0 Å². The summed E-state index contributed by atoms with van der Waals surface area (Å²) in [6.07, 6.45) is -0.358. The van der Waals surface area contributed by atoms with E-state index in [4.69, 9.17) is 4.74 Å². The fourth-order valence-corrected chi connectivity index (χ4v) is 3.26. The smallest absolute Gasteiger partial charge is 0.407 e. The number of benzene rings is 2. The van der Waals surface area contributed by atoms with E-state index in [0.717, 1.165) is 0 Å². The van der Waals surface area contributed by atoms with Gasteiger partial charge in [0.2, 0.25) is 0 Å². The van der Waals surface area contributed by atoms with Crippen LogP contribution in [-0.4, -0.2) is 18.2 Å². The molecule has 0 bridgehead atoms. The van der Waals surface area contributed by atoms with Crippen LogP contribution in [0.15, 0.2) is 60.7 Å². The predicted molar refractivity (Wildman–Crippen MR) is 107 cm³/mol. The van der Waals surface area contributed by atoms with Gasteiger partial charge < -0.3 is 10.1 Å². The Labute approximate surface area is 157 Å². The molecule has 1 atom stereocenters. The van der Waals surface area contributed by atoms with Crippen LogP contribution < -0.4 is 5.32 Å². The van der Waals surface area contributed by atoms with E-state index in [0.29, 0.717) is 12.5 Å². The minimum atomic E-state index is -0.490. The van der Waals surface area contributed by atoms with Gasteiger partial charge in [-0.25, -0.2) is 4.79 Å². The lowest BCUT2D eigenvalue weighted by molar-refractivity contribution is 0.0512. The molecule has 0 spiro atoms. The first kappa shape index (κ1) is 20.0. The number of carbonyl (C=O) groups is 1. The highest BCUT2D eigenvalue weighted by atomic mass is 16.6. The number of hydrogen-bond acceptors (Lipinski definition) is 2. The van der Waals surface area contributed by atoms with Gasteiger partial charge in [0.15, 0.2) is 0 Å².